The summed E-state index contributed by atoms with van der Waals surface area (Å²) in [6.07, 6.45) is 6.85. The third-order valence-corrected chi connectivity index (χ3v) is 3.10. The molecule has 0 amide bonds. The van der Waals surface area contributed by atoms with Gasteiger partial charge in [0.25, 0.3) is 0 Å². The van der Waals surface area contributed by atoms with Crippen molar-refractivity contribution >= 4 is 11.7 Å². The van der Waals surface area contributed by atoms with E-state index in [0.29, 0.717) is 6.54 Å². The second-order valence-electron chi connectivity index (χ2n) is 4.20. The van der Waals surface area contributed by atoms with Gasteiger partial charge in [0.15, 0.2) is 0 Å². The van der Waals surface area contributed by atoms with Crippen LogP contribution < -0.4 is 4.90 Å². The molecule has 1 N–H and O–H groups in total. The molecule has 0 fully saturated rings. The average Bonchev–Trinajstić information content (AvgIpc) is 2.69. The lowest BCUT2D eigenvalue weighted by molar-refractivity contribution is -0.138. The molecule has 0 saturated heterocycles. The van der Waals surface area contributed by atoms with Crippen LogP contribution >= 0.6 is 0 Å². The second kappa shape index (κ2) is 4.92. The number of hydrogen-bond acceptors (Lipinski definition) is 2. The van der Waals surface area contributed by atoms with Gasteiger partial charge >= 0.3 is 5.97 Å². The van der Waals surface area contributed by atoms with E-state index in [9.17, 15) is 9.90 Å². The number of terminal acetylenes is 1. The molecule has 1 atom stereocenters. The normalized spacial score (nSPS) is 17.6. The van der Waals surface area contributed by atoms with E-state index in [1.165, 1.54) is 0 Å². The molecule has 0 aliphatic carbocycles. The maximum Gasteiger partial charge on any atom is 0.312 e. The lowest BCUT2D eigenvalue weighted by Crippen LogP contribution is -2.25. The molecular formula is C14H15NO2. The van der Waals surface area contributed by atoms with E-state index in [0.717, 1.165) is 30.6 Å². The fraction of sp³-hybridized carbons (Fsp3) is 0.357. The summed E-state index contributed by atoms with van der Waals surface area (Å²) in [7, 11) is 0. The Kier molecular flexibility index (Phi) is 3.34. The van der Waals surface area contributed by atoms with Gasteiger partial charge in [-0.2, -0.15) is 0 Å². The summed E-state index contributed by atoms with van der Waals surface area (Å²) in [5, 5.41) is 9.19. The minimum Gasteiger partial charge on any atom is -0.481 e. The lowest BCUT2D eigenvalue weighted by Gasteiger charge is -2.18. The fourth-order valence-electron chi connectivity index (χ4n) is 2.28. The van der Waals surface area contributed by atoms with Gasteiger partial charge in [-0.3, -0.25) is 4.79 Å². The van der Waals surface area contributed by atoms with Crippen LogP contribution in [-0.4, -0.2) is 24.2 Å². The number of benzene rings is 1. The van der Waals surface area contributed by atoms with Gasteiger partial charge in [-0.15, -0.1) is 12.3 Å². The molecule has 0 radical (unpaired) electrons. The van der Waals surface area contributed by atoms with Gasteiger partial charge in [-0.25, -0.2) is 0 Å². The number of carboxylic acid groups (broad SMARTS) is 1. The Morgan fingerprint density at radius 1 is 1.53 bits per heavy atom. The molecule has 2 rings (SSSR count). The van der Waals surface area contributed by atoms with Gasteiger partial charge < -0.3 is 10.0 Å². The van der Waals surface area contributed by atoms with E-state index < -0.39 is 11.9 Å². The standard InChI is InChI=1S/C14H15NO2/c1-2-3-6-9-15-10-12(14(16)17)11-7-4-5-8-13(11)15/h1,4-5,7-8,12H,3,6,9-10H2,(H,16,17). The van der Waals surface area contributed by atoms with E-state index in [2.05, 4.69) is 10.8 Å². The maximum absolute atomic E-state index is 11.2. The van der Waals surface area contributed by atoms with Gasteiger partial charge in [-0.05, 0) is 18.1 Å². The summed E-state index contributed by atoms with van der Waals surface area (Å²) in [4.78, 5) is 13.3. The van der Waals surface area contributed by atoms with Gasteiger partial charge in [0.2, 0.25) is 0 Å². The number of anilines is 1. The SMILES string of the molecule is C#CCCCN1CC(C(=O)O)c2ccccc21. The van der Waals surface area contributed by atoms with Crippen LogP contribution in [0.5, 0.6) is 0 Å². The first-order valence-electron chi connectivity index (χ1n) is 5.74. The summed E-state index contributed by atoms with van der Waals surface area (Å²) >= 11 is 0. The van der Waals surface area contributed by atoms with Crippen LogP contribution in [-0.2, 0) is 4.79 Å². The quantitative estimate of drug-likeness (QED) is 0.635. The largest absolute Gasteiger partial charge is 0.481 e. The molecule has 0 bridgehead atoms. The molecule has 3 heteroatoms. The van der Waals surface area contributed by atoms with Crippen molar-refractivity contribution in [3.05, 3.63) is 29.8 Å². The van der Waals surface area contributed by atoms with Crippen LogP contribution in [0.3, 0.4) is 0 Å². The number of carbonyl (C=O) groups is 1. The summed E-state index contributed by atoms with van der Waals surface area (Å²) < 4.78 is 0. The van der Waals surface area contributed by atoms with E-state index >= 15 is 0 Å². The smallest absolute Gasteiger partial charge is 0.312 e. The van der Waals surface area contributed by atoms with Crippen molar-refractivity contribution in [2.24, 2.45) is 0 Å². The van der Waals surface area contributed by atoms with E-state index in [-0.39, 0.29) is 0 Å². The van der Waals surface area contributed by atoms with E-state index in [4.69, 9.17) is 6.42 Å². The van der Waals surface area contributed by atoms with E-state index in [1.54, 1.807) is 0 Å². The Labute approximate surface area is 101 Å². The van der Waals surface area contributed by atoms with Crippen molar-refractivity contribution in [1.29, 1.82) is 0 Å². The van der Waals surface area contributed by atoms with Crippen molar-refractivity contribution in [1.82, 2.24) is 0 Å². The minimum absolute atomic E-state index is 0.406. The van der Waals surface area contributed by atoms with Gasteiger partial charge in [0, 0.05) is 25.2 Å². The van der Waals surface area contributed by atoms with Crippen LogP contribution in [0.2, 0.25) is 0 Å². The lowest BCUT2D eigenvalue weighted by atomic mass is 10.0. The molecule has 1 aliphatic rings. The molecule has 0 aromatic heterocycles. The number of para-hydroxylation sites is 1. The Morgan fingerprint density at radius 2 is 2.29 bits per heavy atom. The molecule has 1 heterocycles. The molecule has 17 heavy (non-hydrogen) atoms. The van der Waals surface area contributed by atoms with Crippen molar-refractivity contribution in [3.8, 4) is 12.3 Å². The molecule has 0 spiro atoms. The van der Waals surface area contributed by atoms with Gasteiger partial charge in [0.05, 0.1) is 0 Å². The first-order valence-corrected chi connectivity index (χ1v) is 5.74. The third kappa shape index (κ3) is 2.26. The Hall–Kier alpha value is -1.95. The molecule has 0 saturated carbocycles. The topological polar surface area (TPSA) is 40.5 Å². The predicted octanol–water partition coefficient (Wildman–Crippen LogP) is 2.09. The number of hydrogen-bond donors (Lipinski definition) is 1. The Bertz CT molecular complexity index is 462. The number of fused-ring (bicyclic) bond motifs is 1. The first kappa shape index (κ1) is 11.5. The second-order valence-corrected chi connectivity index (χ2v) is 4.20. The van der Waals surface area contributed by atoms with Crippen molar-refractivity contribution in [2.75, 3.05) is 18.0 Å². The summed E-state index contributed by atoms with van der Waals surface area (Å²) in [5.41, 5.74) is 1.96. The number of nitrogens with zero attached hydrogens (tertiary/aromatic N) is 1. The third-order valence-electron chi connectivity index (χ3n) is 3.10. The Morgan fingerprint density at radius 3 is 3.00 bits per heavy atom. The molecule has 88 valence electrons. The summed E-state index contributed by atoms with van der Waals surface area (Å²) in [6, 6.07) is 7.71. The fourth-order valence-corrected chi connectivity index (χ4v) is 2.28. The maximum atomic E-state index is 11.2. The predicted molar refractivity (Wildman–Crippen MR) is 67.1 cm³/mol. The highest BCUT2D eigenvalue weighted by Gasteiger charge is 2.32. The van der Waals surface area contributed by atoms with Crippen LogP contribution in [0, 0.1) is 12.3 Å². The highest BCUT2D eigenvalue weighted by molar-refractivity contribution is 5.82. The van der Waals surface area contributed by atoms with Crippen molar-refractivity contribution < 1.29 is 9.90 Å². The molecule has 1 unspecified atom stereocenters. The molecular weight excluding hydrogens is 214 g/mol. The molecule has 3 nitrogen and oxygen atoms in total. The van der Waals surface area contributed by atoms with Gasteiger partial charge in [-0.1, -0.05) is 18.2 Å². The van der Waals surface area contributed by atoms with Gasteiger partial charge in [0.1, 0.15) is 5.92 Å². The molecule has 1 aromatic rings. The van der Waals surface area contributed by atoms with Crippen LogP contribution in [0.1, 0.15) is 24.3 Å². The zero-order valence-corrected chi connectivity index (χ0v) is 9.60. The first-order chi connectivity index (χ1) is 8.24. The number of rotatable bonds is 4. The Balaban J connectivity index is 2.17. The number of carboxylic acids is 1. The van der Waals surface area contributed by atoms with Crippen LogP contribution in [0.4, 0.5) is 5.69 Å². The van der Waals surface area contributed by atoms with Crippen LogP contribution in [0.25, 0.3) is 0 Å². The number of aliphatic carboxylic acids is 1. The zero-order chi connectivity index (χ0) is 12.3. The number of unbranched alkanes of at least 4 members (excludes halogenated alkanes) is 1. The summed E-state index contributed by atoms with van der Waals surface area (Å²) in [5.74, 6) is 1.45. The zero-order valence-electron chi connectivity index (χ0n) is 9.60. The van der Waals surface area contributed by atoms with Crippen molar-refractivity contribution in [2.45, 2.75) is 18.8 Å². The highest BCUT2D eigenvalue weighted by Crippen LogP contribution is 2.36. The van der Waals surface area contributed by atoms with E-state index in [1.807, 2.05) is 24.3 Å². The monoisotopic (exact) mass is 229 g/mol. The highest BCUT2D eigenvalue weighted by atomic mass is 16.4. The summed E-state index contributed by atoms with van der Waals surface area (Å²) in [6.45, 7) is 1.38. The average molecular weight is 229 g/mol. The van der Waals surface area contributed by atoms with Crippen molar-refractivity contribution in [3.63, 3.8) is 0 Å². The molecule has 1 aromatic carbocycles. The minimum atomic E-state index is -0.753. The van der Waals surface area contributed by atoms with Crippen LogP contribution in [0.15, 0.2) is 24.3 Å². The molecule has 1 aliphatic heterocycles.